The van der Waals surface area contributed by atoms with E-state index in [4.69, 9.17) is 0 Å². The Bertz CT molecular complexity index is 640. The van der Waals surface area contributed by atoms with E-state index in [2.05, 4.69) is 17.6 Å². The van der Waals surface area contributed by atoms with Gasteiger partial charge in [-0.05, 0) is 29.7 Å². The van der Waals surface area contributed by atoms with E-state index in [0.29, 0.717) is 12.1 Å². The molecule has 0 aliphatic rings. The second-order valence-electron chi connectivity index (χ2n) is 4.72. The molecule has 0 saturated heterocycles. The molecule has 2 N–H and O–H groups in total. The van der Waals surface area contributed by atoms with Crippen molar-refractivity contribution in [3.63, 3.8) is 0 Å². The van der Waals surface area contributed by atoms with E-state index in [0.717, 1.165) is 12.0 Å². The number of rotatable bonds is 5. The number of para-hydroxylation sites is 1. The summed E-state index contributed by atoms with van der Waals surface area (Å²) in [5, 5.41) is 5.58. The van der Waals surface area contributed by atoms with E-state index in [9.17, 15) is 9.18 Å². The SMILES string of the molecule is CCc1ccccc1CNC(=O)c1cccc(F)c1NC. The van der Waals surface area contributed by atoms with Gasteiger partial charge in [-0.15, -0.1) is 0 Å². The normalized spacial score (nSPS) is 10.2. The van der Waals surface area contributed by atoms with Crippen molar-refractivity contribution in [1.82, 2.24) is 5.32 Å². The topological polar surface area (TPSA) is 41.1 Å². The molecule has 2 rings (SSSR count). The maximum Gasteiger partial charge on any atom is 0.253 e. The monoisotopic (exact) mass is 286 g/mol. The van der Waals surface area contributed by atoms with E-state index in [1.54, 1.807) is 13.1 Å². The number of amides is 1. The van der Waals surface area contributed by atoms with Gasteiger partial charge < -0.3 is 10.6 Å². The highest BCUT2D eigenvalue weighted by atomic mass is 19.1. The molecule has 0 heterocycles. The maximum atomic E-state index is 13.7. The third kappa shape index (κ3) is 3.40. The molecule has 4 heteroatoms. The summed E-state index contributed by atoms with van der Waals surface area (Å²) < 4.78 is 13.7. The number of halogens is 1. The molecule has 0 saturated carbocycles. The predicted octanol–water partition coefficient (Wildman–Crippen LogP) is 3.36. The standard InChI is InChI=1S/C17H19FN2O/c1-3-12-7-4-5-8-13(12)11-20-17(21)14-9-6-10-15(18)16(14)19-2/h4-10,19H,3,11H2,1-2H3,(H,20,21). The molecule has 0 atom stereocenters. The fraction of sp³-hybridized carbons (Fsp3) is 0.235. The lowest BCUT2D eigenvalue weighted by Gasteiger charge is -2.12. The average Bonchev–Trinajstić information content (AvgIpc) is 2.52. The molecular formula is C17H19FN2O. The fourth-order valence-corrected chi connectivity index (χ4v) is 2.31. The van der Waals surface area contributed by atoms with Gasteiger partial charge in [0, 0.05) is 13.6 Å². The minimum Gasteiger partial charge on any atom is -0.385 e. The molecule has 2 aromatic carbocycles. The molecule has 2 aromatic rings. The number of benzene rings is 2. The van der Waals surface area contributed by atoms with Gasteiger partial charge in [0.05, 0.1) is 11.3 Å². The van der Waals surface area contributed by atoms with E-state index < -0.39 is 5.82 Å². The second-order valence-corrected chi connectivity index (χ2v) is 4.72. The van der Waals surface area contributed by atoms with Crippen LogP contribution in [0.2, 0.25) is 0 Å². The van der Waals surface area contributed by atoms with Crippen molar-refractivity contribution >= 4 is 11.6 Å². The number of aryl methyl sites for hydroxylation is 1. The molecule has 0 fully saturated rings. The number of nitrogens with one attached hydrogen (secondary N) is 2. The van der Waals surface area contributed by atoms with Gasteiger partial charge in [0.15, 0.2) is 0 Å². The first kappa shape index (κ1) is 15.0. The zero-order valence-electron chi connectivity index (χ0n) is 12.2. The summed E-state index contributed by atoms with van der Waals surface area (Å²) in [6.45, 7) is 2.51. The molecule has 0 unspecified atom stereocenters. The van der Waals surface area contributed by atoms with Crippen LogP contribution in [0.15, 0.2) is 42.5 Å². The van der Waals surface area contributed by atoms with Crippen molar-refractivity contribution in [2.24, 2.45) is 0 Å². The van der Waals surface area contributed by atoms with Crippen molar-refractivity contribution in [3.05, 3.63) is 65.0 Å². The molecular weight excluding hydrogens is 267 g/mol. The first-order chi connectivity index (χ1) is 10.2. The van der Waals surface area contributed by atoms with E-state index in [1.165, 1.54) is 17.7 Å². The van der Waals surface area contributed by atoms with Crippen LogP contribution in [0, 0.1) is 5.82 Å². The molecule has 0 aliphatic carbocycles. The second kappa shape index (κ2) is 6.88. The molecule has 3 nitrogen and oxygen atoms in total. The van der Waals surface area contributed by atoms with Crippen LogP contribution in [0.3, 0.4) is 0 Å². The van der Waals surface area contributed by atoms with Crippen LogP contribution < -0.4 is 10.6 Å². The summed E-state index contributed by atoms with van der Waals surface area (Å²) in [6, 6.07) is 12.4. The van der Waals surface area contributed by atoms with Crippen LogP contribution in [0.1, 0.15) is 28.4 Å². The summed E-state index contributed by atoms with van der Waals surface area (Å²) in [6.07, 6.45) is 0.910. The van der Waals surface area contributed by atoms with Gasteiger partial charge in [0.25, 0.3) is 5.91 Å². The number of carbonyl (C=O) groups is 1. The van der Waals surface area contributed by atoms with E-state index >= 15 is 0 Å². The van der Waals surface area contributed by atoms with Crippen LogP contribution in [-0.4, -0.2) is 13.0 Å². The van der Waals surface area contributed by atoms with Crippen LogP contribution >= 0.6 is 0 Å². The quantitative estimate of drug-likeness (QED) is 0.885. The van der Waals surface area contributed by atoms with E-state index in [1.807, 2.05) is 24.3 Å². The molecule has 110 valence electrons. The van der Waals surface area contributed by atoms with Gasteiger partial charge in [-0.2, -0.15) is 0 Å². The molecule has 0 radical (unpaired) electrons. The first-order valence-corrected chi connectivity index (χ1v) is 6.98. The zero-order valence-corrected chi connectivity index (χ0v) is 12.2. The molecule has 21 heavy (non-hydrogen) atoms. The third-order valence-corrected chi connectivity index (χ3v) is 3.45. The van der Waals surface area contributed by atoms with Gasteiger partial charge in [-0.3, -0.25) is 4.79 Å². The highest BCUT2D eigenvalue weighted by Crippen LogP contribution is 2.19. The Morgan fingerprint density at radius 1 is 1.10 bits per heavy atom. The maximum absolute atomic E-state index is 13.7. The fourth-order valence-electron chi connectivity index (χ4n) is 2.31. The Hall–Kier alpha value is -2.36. The molecule has 0 bridgehead atoms. The van der Waals surface area contributed by atoms with Crippen molar-refractivity contribution < 1.29 is 9.18 Å². The third-order valence-electron chi connectivity index (χ3n) is 3.45. The number of hydrogen-bond acceptors (Lipinski definition) is 2. The van der Waals surface area contributed by atoms with Gasteiger partial charge in [-0.25, -0.2) is 4.39 Å². The Morgan fingerprint density at radius 2 is 1.81 bits per heavy atom. The average molecular weight is 286 g/mol. The van der Waals surface area contributed by atoms with Crippen molar-refractivity contribution in [1.29, 1.82) is 0 Å². The van der Waals surface area contributed by atoms with Crippen molar-refractivity contribution in [2.75, 3.05) is 12.4 Å². The van der Waals surface area contributed by atoms with Crippen LogP contribution in [-0.2, 0) is 13.0 Å². The predicted molar refractivity (Wildman–Crippen MR) is 82.9 cm³/mol. The summed E-state index contributed by atoms with van der Waals surface area (Å²) >= 11 is 0. The highest BCUT2D eigenvalue weighted by molar-refractivity contribution is 5.99. The van der Waals surface area contributed by atoms with Crippen molar-refractivity contribution in [3.8, 4) is 0 Å². The Morgan fingerprint density at radius 3 is 2.48 bits per heavy atom. The smallest absolute Gasteiger partial charge is 0.253 e. The Labute approximate surface area is 124 Å². The Balaban J connectivity index is 2.14. The number of hydrogen-bond donors (Lipinski definition) is 2. The largest absolute Gasteiger partial charge is 0.385 e. The molecule has 0 spiro atoms. The van der Waals surface area contributed by atoms with Gasteiger partial charge in [-0.1, -0.05) is 37.3 Å². The lowest BCUT2D eigenvalue weighted by Crippen LogP contribution is -2.24. The summed E-state index contributed by atoms with van der Waals surface area (Å²) in [5.74, 6) is -0.719. The molecule has 0 aliphatic heterocycles. The van der Waals surface area contributed by atoms with Gasteiger partial charge in [0.2, 0.25) is 0 Å². The summed E-state index contributed by atoms with van der Waals surface area (Å²) in [4.78, 5) is 12.2. The lowest BCUT2D eigenvalue weighted by molar-refractivity contribution is 0.0951. The summed E-state index contributed by atoms with van der Waals surface area (Å²) in [7, 11) is 1.60. The number of carbonyl (C=O) groups excluding carboxylic acids is 1. The van der Waals surface area contributed by atoms with Crippen LogP contribution in [0.5, 0.6) is 0 Å². The van der Waals surface area contributed by atoms with Crippen LogP contribution in [0.25, 0.3) is 0 Å². The van der Waals surface area contributed by atoms with Gasteiger partial charge in [0.1, 0.15) is 5.82 Å². The first-order valence-electron chi connectivity index (χ1n) is 6.98. The minimum absolute atomic E-state index is 0.221. The van der Waals surface area contributed by atoms with Gasteiger partial charge >= 0.3 is 0 Å². The minimum atomic E-state index is -0.431. The zero-order chi connectivity index (χ0) is 15.2. The number of anilines is 1. The van der Waals surface area contributed by atoms with Crippen LogP contribution in [0.4, 0.5) is 10.1 Å². The Kier molecular flexibility index (Phi) is 4.93. The van der Waals surface area contributed by atoms with Crippen molar-refractivity contribution in [2.45, 2.75) is 19.9 Å². The molecule has 1 amide bonds. The van der Waals surface area contributed by atoms with E-state index in [-0.39, 0.29) is 11.6 Å². The molecule has 0 aromatic heterocycles. The summed E-state index contributed by atoms with van der Waals surface area (Å²) in [5.41, 5.74) is 2.81. The highest BCUT2D eigenvalue weighted by Gasteiger charge is 2.14. The lowest BCUT2D eigenvalue weighted by atomic mass is 10.1.